The minimum absolute atomic E-state index is 0.203. The topological polar surface area (TPSA) is 99.7 Å². The Hall–Kier alpha value is -3.55. The molecule has 2 aromatic carbocycles. The smallest absolute Gasteiger partial charge is 0.319 e. The van der Waals surface area contributed by atoms with Gasteiger partial charge in [-0.2, -0.15) is 5.10 Å². The number of nitrogens with zero attached hydrogens (tertiary/aromatic N) is 3. The standard InChI is InChI=1S/C21H22N4O4/c1-12(26)25-18-6-4-5-16(15(18)11-23-25)24(21(22)27)17-8-7-13-9-19(28-2)20(29-3)10-14(13)17/h4-6,9-11,17H,7-8H2,1-3H3,(H2,22,27). The Labute approximate surface area is 167 Å². The van der Waals surface area contributed by atoms with Gasteiger partial charge < -0.3 is 15.2 Å². The third kappa shape index (κ3) is 2.97. The molecule has 150 valence electrons. The zero-order chi connectivity index (χ0) is 20.7. The number of hydrogen-bond donors (Lipinski definition) is 1. The number of aromatic nitrogens is 2. The van der Waals surface area contributed by atoms with Crippen molar-refractivity contribution in [2.45, 2.75) is 25.8 Å². The Kier molecular flexibility index (Phi) is 4.62. The summed E-state index contributed by atoms with van der Waals surface area (Å²) in [6.07, 6.45) is 3.09. The van der Waals surface area contributed by atoms with Crippen LogP contribution in [0.4, 0.5) is 10.5 Å². The number of methoxy groups -OCH3 is 2. The normalized spacial score (nSPS) is 15.2. The highest BCUT2D eigenvalue weighted by atomic mass is 16.5. The molecule has 4 rings (SSSR count). The van der Waals surface area contributed by atoms with Crippen LogP contribution in [-0.4, -0.2) is 35.9 Å². The molecule has 1 aliphatic carbocycles. The molecule has 0 saturated heterocycles. The van der Waals surface area contributed by atoms with Gasteiger partial charge in [0.05, 0.1) is 37.7 Å². The van der Waals surface area contributed by atoms with Crippen molar-refractivity contribution in [3.63, 3.8) is 0 Å². The van der Waals surface area contributed by atoms with Crippen molar-refractivity contribution in [1.82, 2.24) is 9.78 Å². The fourth-order valence-electron chi connectivity index (χ4n) is 4.12. The number of anilines is 1. The van der Waals surface area contributed by atoms with Crippen LogP contribution >= 0.6 is 0 Å². The first-order valence-corrected chi connectivity index (χ1v) is 9.27. The predicted octanol–water partition coefficient (Wildman–Crippen LogP) is 3.29. The van der Waals surface area contributed by atoms with E-state index < -0.39 is 6.03 Å². The number of benzene rings is 2. The van der Waals surface area contributed by atoms with E-state index in [-0.39, 0.29) is 11.9 Å². The van der Waals surface area contributed by atoms with Crippen LogP contribution in [0.1, 0.15) is 35.3 Å². The first kappa shape index (κ1) is 18.8. The number of nitrogens with two attached hydrogens (primary N) is 1. The molecular weight excluding hydrogens is 372 g/mol. The van der Waals surface area contributed by atoms with E-state index >= 15 is 0 Å². The number of ether oxygens (including phenoxy) is 2. The van der Waals surface area contributed by atoms with E-state index in [1.165, 1.54) is 11.6 Å². The third-order valence-electron chi connectivity index (χ3n) is 5.39. The number of carbonyl (C=O) groups is 2. The lowest BCUT2D eigenvalue weighted by Gasteiger charge is -2.29. The van der Waals surface area contributed by atoms with E-state index in [1.54, 1.807) is 37.4 Å². The summed E-state index contributed by atoms with van der Waals surface area (Å²) in [6, 6.07) is 8.43. The molecule has 8 heteroatoms. The van der Waals surface area contributed by atoms with Crippen molar-refractivity contribution in [2.75, 3.05) is 19.1 Å². The van der Waals surface area contributed by atoms with Crippen molar-refractivity contribution >= 4 is 28.5 Å². The van der Waals surface area contributed by atoms with Gasteiger partial charge in [0.15, 0.2) is 11.5 Å². The maximum atomic E-state index is 12.6. The number of rotatable bonds is 4. The summed E-state index contributed by atoms with van der Waals surface area (Å²) in [7, 11) is 3.18. The van der Waals surface area contributed by atoms with Gasteiger partial charge in [0, 0.05) is 12.3 Å². The van der Waals surface area contributed by atoms with E-state index in [0.29, 0.717) is 34.5 Å². The van der Waals surface area contributed by atoms with Crippen LogP contribution in [0.25, 0.3) is 10.9 Å². The van der Waals surface area contributed by atoms with Gasteiger partial charge in [-0.3, -0.25) is 9.69 Å². The second-order valence-corrected chi connectivity index (χ2v) is 6.95. The largest absolute Gasteiger partial charge is 0.493 e. The highest BCUT2D eigenvalue weighted by molar-refractivity contribution is 6.04. The van der Waals surface area contributed by atoms with Crippen molar-refractivity contribution in [3.05, 3.63) is 47.7 Å². The van der Waals surface area contributed by atoms with Crippen LogP contribution in [0.3, 0.4) is 0 Å². The lowest BCUT2D eigenvalue weighted by atomic mass is 10.0. The molecule has 8 nitrogen and oxygen atoms in total. The Balaban J connectivity index is 1.86. The molecule has 0 aliphatic heterocycles. The Morgan fingerprint density at radius 3 is 2.59 bits per heavy atom. The van der Waals surface area contributed by atoms with E-state index in [0.717, 1.165) is 17.5 Å². The number of hydrogen-bond acceptors (Lipinski definition) is 5. The Morgan fingerprint density at radius 1 is 1.21 bits per heavy atom. The van der Waals surface area contributed by atoms with Crippen molar-refractivity contribution in [3.8, 4) is 11.5 Å². The fourth-order valence-corrected chi connectivity index (χ4v) is 4.12. The maximum Gasteiger partial charge on any atom is 0.319 e. The lowest BCUT2D eigenvalue weighted by Crippen LogP contribution is -2.38. The van der Waals surface area contributed by atoms with Gasteiger partial charge in [0.25, 0.3) is 0 Å². The number of aryl methyl sites for hydroxylation is 1. The first-order chi connectivity index (χ1) is 14.0. The van der Waals surface area contributed by atoms with E-state index in [4.69, 9.17) is 15.2 Å². The summed E-state index contributed by atoms with van der Waals surface area (Å²) in [5.74, 6) is 1.05. The molecule has 0 spiro atoms. The van der Waals surface area contributed by atoms with E-state index in [2.05, 4.69) is 5.10 Å². The molecule has 1 aliphatic rings. The summed E-state index contributed by atoms with van der Waals surface area (Å²) in [5.41, 5.74) is 9.14. The SMILES string of the molecule is COc1cc2c(cc1OC)C(N(C(N)=O)c1cccc3c1cnn3C(C)=O)CC2. The lowest BCUT2D eigenvalue weighted by molar-refractivity contribution is 0.0926. The van der Waals surface area contributed by atoms with Crippen LogP contribution in [0.5, 0.6) is 11.5 Å². The fraction of sp³-hybridized carbons (Fsp3) is 0.286. The summed E-state index contributed by atoms with van der Waals surface area (Å²) >= 11 is 0. The quantitative estimate of drug-likeness (QED) is 0.732. The second-order valence-electron chi connectivity index (χ2n) is 6.95. The summed E-state index contributed by atoms with van der Waals surface area (Å²) < 4.78 is 12.2. The van der Waals surface area contributed by atoms with Crippen LogP contribution in [0.15, 0.2) is 36.5 Å². The molecular formula is C21H22N4O4. The van der Waals surface area contributed by atoms with Crippen LogP contribution in [-0.2, 0) is 6.42 Å². The third-order valence-corrected chi connectivity index (χ3v) is 5.39. The molecule has 0 saturated carbocycles. The van der Waals surface area contributed by atoms with Gasteiger partial charge in [-0.25, -0.2) is 9.48 Å². The minimum atomic E-state index is -0.569. The van der Waals surface area contributed by atoms with Gasteiger partial charge in [-0.1, -0.05) is 6.07 Å². The molecule has 1 heterocycles. The number of fused-ring (bicyclic) bond motifs is 2. The Morgan fingerprint density at radius 2 is 1.93 bits per heavy atom. The highest BCUT2D eigenvalue weighted by Gasteiger charge is 2.33. The number of urea groups is 1. The van der Waals surface area contributed by atoms with E-state index in [1.807, 2.05) is 18.2 Å². The van der Waals surface area contributed by atoms with E-state index in [9.17, 15) is 9.59 Å². The van der Waals surface area contributed by atoms with Gasteiger partial charge in [-0.05, 0) is 48.2 Å². The van der Waals surface area contributed by atoms with Crippen molar-refractivity contribution in [1.29, 1.82) is 0 Å². The predicted molar refractivity (Wildman–Crippen MR) is 109 cm³/mol. The Bertz CT molecular complexity index is 1120. The molecule has 0 fully saturated rings. The molecule has 1 aromatic heterocycles. The average molecular weight is 394 g/mol. The molecule has 0 bridgehead atoms. The summed E-state index contributed by atoms with van der Waals surface area (Å²) in [4.78, 5) is 26.0. The molecule has 1 atom stereocenters. The zero-order valence-corrected chi connectivity index (χ0v) is 16.5. The molecule has 1 unspecified atom stereocenters. The molecule has 29 heavy (non-hydrogen) atoms. The highest BCUT2D eigenvalue weighted by Crippen LogP contribution is 2.44. The maximum absolute atomic E-state index is 12.6. The first-order valence-electron chi connectivity index (χ1n) is 9.27. The van der Waals surface area contributed by atoms with Gasteiger partial charge in [0.1, 0.15) is 0 Å². The zero-order valence-electron chi connectivity index (χ0n) is 16.5. The molecule has 2 amide bonds. The average Bonchev–Trinajstić information content (AvgIpc) is 3.31. The summed E-state index contributed by atoms with van der Waals surface area (Å²) in [6.45, 7) is 1.44. The van der Waals surface area contributed by atoms with Crippen LogP contribution < -0.4 is 20.1 Å². The van der Waals surface area contributed by atoms with Crippen molar-refractivity contribution in [2.24, 2.45) is 5.73 Å². The molecule has 0 radical (unpaired) electrons. The van der Waals surface area contributed by atoms with Gasteiger partial charge >= 0.3 is 6.03 Å². The monoisotopic (exact) mass is 394 g/mol. The van der Waals surface area contributed by atoms with Crippen molar-refractivity contribution < 1.29 is 19.1 Å². The van der Waals surface area contributed by atoms with Crippen LogP contribution in [0, 0.1) is 0 Å². The van der Waals surface area contributed by atoms with Gasteiger partial charge in [-0.15, -0.1) is 0 Å². The summed E-state index contributed by atoms with van der Waals surface area (Å²) in [5, 5.41) is 4.86. The minimum Gasteiger partial charge on any atom is -0.493 e. The van der Waals surface area contributed by atoms with Crippen LogP contribution in [0.2, 0.25) is 0 Å². The second kappa shape index (κ2) is 7.12. The number of amides is 2. The number of carbonyl (C=O) groups excluding carboxylic acids is 2. The molecule has 2 N–H and O–H groups in total. The molecule has 3 aromatic rings. The van der Waals surface area contributed by atoms with Gasteiger partial charge in [0.2, 0.25) is 5.91 Å². The number of primary amides is 1.